The summed E-state index contributed by atoms with van der Waals surface area (Å²) in [6.07, 6.45) is 1.83. The van der Waals surface area contributed by atoms with Gasteiger partial charge in [0.2, 0.25) is 0 Å². The highest BCUT2D eigenvalue weighted by molar-refractivity contribution is 14.1. The average Bonchev–Trinajstić information content (AvgIpc) is 2.34. The normalized spacial score (nSPS) is 33.6. The summed E-state index contributed by atoms with van der Waals surface area (Å²) in [5.41, 5.74) is 0. The summed E-state index contributed by atoms with van der Waals surface area (Å²) in [5.74, 6) is 1.62. The van der Waals surface area contributed by atoms with E-state index in [4.69, 9.17) is 4.74 Å². The Morgan fingerprint density at radius 3 is 2.60 bits per heavy atom. The van der Waals surface area contributed by atoms with Gasteiger partial charge in [0, 0.05) is 4.43 Å². The van der Waals surface area contributed by atoms with Crippen molar-refractivity contribution in [3.8, 4) is 0 Å². The molecule has 0 saturated carbocycles. The second-order valence-corrected chi connectivity index (χ2v) is 4.23. The molecular weight excluding hydrogens is 239 g/mol. The molecule has 1 fully saturated rings. The topological polar surface area (TPSA) is 9.23 Å². The monoisotopic (exact) mass is 254 g/mol. The molecule has 1 aliphatic heterocycles. The third-order valence-corrected chi connectivity index (χ3v) is 3.21. The fourth-order valence-electron chi connectivity index (χ4n) is 1.31. The van der Waals surface area contributed by atoms with Crippen molar-refractivity contribution >= 4 is 22.6 Å². The van der Waals surface area contributed by atoms with Crippen LogP contribution in [0.4, 0.5) is 0 Å². The molecule has 1 saturated heterocycles. The number of alkyl halides is 1. The first kappa shape index (κ1) is 8.78. The molecule has 1 nitrogen and oxygen atoms in total. The summed E-state index contributed by atoms with van der Waals surface area (Å²) in [4.78, 5) is 0. The van der Waals surface area contributed by atoms with Gasteiger partial charge in [0.05, 0.1) is 12.7 Å². The Morgan fingerprint density at radius 1 is 1.60 bits per heavy atom. The predicted octanol–water partition coefficient (Wildman–Crippen LogP) is 2.48. The zero-order valence-corrected chi connectivity index (χ0v) is 8.80. The minimum Gasteiger partial charge on any atom is -0.377 e. The number of rotatable bonds is 2. The first-order valence-electron chi connectivity index (χ1n) is 3.91. The zero-order chi connectivity index (χ0) is 7.56. The molecule has 0 aromatic carbocycles. The van der Waals surface area contributed by atoms with Gasteiger partial charge in [0.1, 0.15) is 0 Å². The van der Waals surface area contributed by atoms with E-state index in [2.05, 4.69) is 36.4 Å². The predicted molar refractivity (Wildman–Crippen MR) is 51.6 cm³/mol. The maximum absolute atomic E-state index is 5.57. The summed E-state index contributed by atoms with van der Waals surface area (Å²) in [5, 5.41) is 0. The Balaban J connectivity index is 2.28. The van der Waals surface area contributed by atoms with E-state index in [0.717, 1.165) is 22.9 Å². The minimum absolute atomic E-state index is 0.549. The van der Waals surface area contributed by atoms with Crippen LogP contribution in [0.1, 0.15) is 20.3 Å². The molecule has 60 valence electrons. The van der Waals surface area contributed by atoms with Crippen LogP contribution in [0.3, 0.4) is 0 Å². The average molecular weight is 254 g/mol. The van der Waals surface area contributed by atoms with Crippen molar-refractivity contribution < 1.29 is 4.74 Å². The van der Waals surface area contributed by atoms with Gasteiger partial charge in [0.25, 0.3) is 0 Å². The van der Waals surface area contributed by atoms with Crippen molar-refractivity contribution in [2.75, 3.05) is 11.0 Å². The van der Waals surface area contributed by atoms with Crippen LogP contribution in [0.15, 0.2) is 0 Å². The molecule has 0 radical (unpaired) electrons. The molecule has 1 heterocycles. The van der Waals surface area contributed by atoms with Crippen LogP contribution in [0.25, 0.3) is 0 Å². The van der Waals surface area contributed by atoms with Crippen LogP contribution in [0, 0.1) is 11.8 Å². The van der Waals surface area contributed by atoms with E-state index < -0.39 is 0 Å². The van der Waals surface area contributed by atoms with E-state index in [0.29, 0.717) is 6.10 Å². The third kappa shape index (κ3) is 2.09. The fourth-order valence-corrected chi connectivity index (χ4v) is 1.92. The van der Waals surface area contributed by atoms with E-state index in [9.17, 15) is 0 Å². The lowest BCUT2D eigenvalue weighted by atomic mass is 9.94. The highest BCUT2D eigenvalue weighted by Gasteiger charge is 2.26. The van der Waals surface area contributed by atoms with Gasteiger partial charge >= 0.3 is 0 Å². The molecule has 1 aliphatic rings. The van der Waals surface area contributed by atoms with Crippen LogP contribution in [0.2, 0.25) is 0 Å². The molecule has 2 atom stereocenters. The van der Waals surface area contributed by atoms with Crippen LogP contribution in [0.5, 0.6) is 0 Å². The quantitative estimate of drug-likeness (QED) is 0.543. The molecule has 0 N–H and O–H groups in total. The highest BCUT2D eigenvalue weighted by atomic mass is 127. The van der Waals surface area contributed by atoms with Gasteiger partial charge in [0.15, 0.2) is 0 Å². The second-order valence-electron chi connectivity index (χ2n) is 3.35. The Labute approximate surface area is 76.7 Å². The van der Waals surface area contributed by atoms with Crippen LogP contribution < -0.4 is 0 Å². The van der Waals surface area contributed by atoms with Crippen LogP contribution >= 0.6 is 22.6 Å². The van der Waals surface area contributed by atoms with Gasteiger partial charge in [-0.1, -0.05) is 36.4 Å². The number of halogens is 1. The summed E-state index contributed by atoms with van der Waals surface area (Å²) in [7, 11) is 0. The van der Waals surface area contributed by atoms with Crippen LogP contribution in [-0.4, -0.2) is 17.1 Å². The molecular formula is C8H15IO. The molecule has 0 aliphatic carbocycles. The first-order chi connectivity index (χ1) is 4.74. The summed E-state index contributed by atoms with van der Waals surface area (Å²) in [6, 6.07) is 0. The van der Waals surface area contributed by atoms with Gasteiger partial charge < -0.3 is 4.74 Å². The maximum Gasteiger partial charge on any atom is 0.0668 e. The molecule has 0 spiro atoms. The van der Waals surface area contributed by atoms with Crippen molar-refractivity contribution in [1.82, 2.24) is 0 Å². The fraction of sp³-hybridized carbons (Fsp3) is 1.00. The van der Waals surface area contributed by atoms with E-state index in [1.54, 1.807) is 0 Å². The number of hydrogen-bond acceptors (Lipinski definition) is 1. The van der Waals surface area contributed by atoms with E-state index >= 15 is 0 Å². The lowest BCUT2D eigenvalue weighted by Gasteiger charge is -2.10. The smallest absolute Gasteiger partial charge is 0.0668 e. The van der Waals surface area contributed by atoms with Gasteiger partial charge in [-0.25, -0.2) is 0 Å². The maximum atomic E-state index is 5.57. The Hall–Kier alpha value is 0.690. The summed E-state index contributed by atoms with van der Waals surface area (Å²) in [6.45, 7) is 5.55. The highest BCUT2D eigenvalue weighted by Crippen LogP contribution is 2.26. The summed E-state index contributed by atoms with van der Waals surface area (Å²) >= 11 is 2.40. The lowest BCUT2D eigenvalue weighted by molar-refractivity contribution is 0.121. The molecule has 0 unspecified atom stereocenters. The molecule has 0 bridgehead atoms. The Morgan fingerprint density at radius 2 is 2.30 bits per heavy atom. The molecule has 0 aromatic rings. The molecule has 0 aromatic heterocycles. The standard InChI is InChI=1S/C8H15IO/c1-6(2)7-3-8(4-9)10-5-7/h6-8H,3-5H2,1-2H3/t7-,8+/m0/s1. The van der Waals surface area contributed by atoms with E-state index in [1.807, 2.05) is 0 Å². The Bertz CT molecular complexity index is 103. The van der Waals surface area contributed by atoms with Gasteiger partial charge in [-0.2, -0.15) is 0 Å². The van der Waals surface area contributed by atoms with Crippen molar-refractivity contribution in [2.24, 2.45) is 11.8 Å². The molecule has 2 heteroatoms. The molecule has 10 heavy (non-hydrogen) atoms. The van der Waals surface area contributed by atoms with Crippen molar-refractivity contribution in [3.63, 3.8) is 0 Å². The first-order valence-corrected chi connectivity index (χ1v) is 5.44. The third-order valence-electron chi connectivity index (χ3n) is 2.23. The number of ether oxygens (including phenoxy) is 1. The Kier molecular flexibility index (Phi) is 3.43. The van der Waals surface area contributed by atoms with Gasteiger partial charge in [-0.15, -0.1) is 0 Å². The zero-order valence-electron chi connectivity index (χ0n) is 6.64. The van der Waals surface area contributed by atoms with Crippen molar-refractivity contribution in [1.29, 1.82) is 0 Å². The minimum atomic E-state index is 0.549. The van der Waals surface area contributed by atoms with Gasteiger partial charge in [-0.05, 0) is 18.3 Å². The lowest BCUT2D eigenvalue weighted by Crippen LogP contribution is -2.08. The van der Waals surface area contributed by atoms with Crippen molar-refractivity contribution in [3.05, 3.63) is 0 Å². The second kappa shape index (κ2) is 3.90. The SMILES string of the molecule is CC(C)[C@@H]1CO[C@@H](CI)C1. The van der Waals surface area contributed by atoms with E-state index in [1.165, 1.54) is 6.42 Å². The van der Waals surface area contributed by atoms with Crippen LogP contribution in [-0.2, 0) is 4.74 Å². The van der Waals surface area contributed by atoms with Gasteiger partial charge in [-0.3, -0.25) is 0 Å². The largest absolute Gasteiger partial charge is 0.377 e. The van der Waals surface area contributed by atoms with E-state index in [-0.39, 0.29) is 0 Å². The molecule has 1 rings (SSSR count). The van der Waals surface area contributed by atoms with Crippen molar-refractivity contribution in [2.45, 2.75) is 26.4 Å². The summed E-state index contributed by atoms with van der Waals surface area (Å²) < 4.78 is 6.72. The molecule has 0 amide bonds. The number of hydrogen-bond donors (Lipinski definition) is 0.